The van der Waals surface area contributed by atoms with Crippen LogP contribution in [0.4, 0.5) is 0 Å². The lowest BCUT2D eigenvalue weighted by Crippen LogP contribution is -2.22. The zero-order valence-corrected chi connectivity index (χ0v) is 14.2. The van der Waals surface area contributed by atoms with Crippen LogP contribution in [0.25, 0.3) is 0 Å². The van der Waals surface area contributed by atoms with E-state index >= 15 is 0 Å². The third-order valence-corrected chi connectivity index (χ3v) is 5.01. The van der Waals surface area contributed by atoms with E-state index in [4.69, 9.17) is 0 Å². The lowest BCUT2D eigenvalue weighted by atomic mass is 10.1. The summed E-state index contributed by atoms with van der Waals surface area (Å²) in [6.07, 6.45) is 0.386. The van der Waals surface area contributed by atoms with Gasteiger partial charge in [-0.3, -0.25) is 9.58 Å². The summed E-state index contributed by atoms with van der Waals surface area (Å²) in [5, 5.41) is 17.3. The van der Waals surface area contributed by atoms with E-state index in [1.165, 1.54) is 0 Å². The highest BCUT2D eigenvalue weighted by atomic mass is 32.1. The van der Waals surface area contributed by atoms with E-state index in [1.54, 1.807) is 11.3 Å². The standard InChI is InChI=1S/C18H20N4OS/c23-18(14-5-2-1-3-6-14)17-9-16-11-21(7-4-8-22(16)20-17)10-15-12-24-13-19-15/h1-3,5-6,9,12-13,18,23H,4,7-8,10-11H2/t18-/m1/s1. The maximum Gasteiger partial charge on any atom is 0.123 e. The number of aryl methyl sites for hydroxylation is 1. The molecule has 1 atom stereocenters. The molecule has 5 nitrogen and oxygen atoms in total. The molecular weight excluding hydrogens is 320 g/mol. The van der Waals surface area contributed by atoms with E-state index in [0.717, 1.165) is 55.2 Å². The van der Waals surface area contributed by atoms with Crippen molar-refractivity contribution in [3.8, 4) is 0 Å². The summed E-state index contributed by atoms with van der Waals surface area (Å²) < 4.78 is 2.04. The minimum atomic E-state index is -0.669. The second-order valence-corrected chi connectivity index (χ2v) is 6.86. The van der Waals surface area contributed by atoms with Crippen LogP contribution in [0.5, 0.6) is 0 Å². The topological polar surface area (TPSA) is 54.2 Å². The number of hydrogen-bond donors (Lipinski definition) is 1. The number of hydrogen-bond acceptors (Lipinski definition) is 5. The molecule has 1 N–H and O–H groups in total. The van der Waals surface area contributed by atoms with Crippen molar-refractivity contribution in [1.29, 1.82) is 0 Å². The first kappa shape index (κ1) is 15.5. The molecule has 1 aliphatic heterocycles. The number of aromatic nitrogens is 3. The number of rotatable bonds is 4. The lowest BCUT2D eigenvalue weighted by molar-refractivity contribution is 0.213. The predicted octanol–water partition coefficient (Wildman–Crippen LogP) is 2.83. The molecule has 3 heterocycles. The summed E-state index contributed by atoms with van der Waals surface area (Å²) in [5.41, 5.74) is 5.77. The summed E-state index contributed by atoms with van der Waals surface area (Å²) in [6.45, 7) is 3.64. The third kappa shape index (κ3) is 3.26. The fourth-order valence-electron chi connectivity index (χ4n) is 3.17. The number of nitrogens with zero attached hydrogens (tertiary/aromatic N) is 4. The maximum absolute atomic E-state index is 10.6. The van der Waals surface area contributed by atoms with E-state index in [9.17, 15) is 5.11 Å². The largest absolute Gasteiger partial charge is 0.382 e. The Labute approximate surface area is 145 Å². The Kier molecular flexibility index (Phi) is 4.42. The molecule has 0 amide bonds. The van der Waals surface area contributed by atoms with Gasteiger partial charge in [0.05, 0.1) is 22.6 Å². The average molecular weight is 340 g/mol. The Balaban J connectivity index is 1.53. The molecule has 3 aromatic rings. The smallest absolute Gasteiger partial charge is 0.123 e. The van der Waals surface area contributed by atoms with Crippen molar-refractivity contribution in [3.05, 3.63) is 69.9 Å². The van der Waals surface area contributed by atoms with Crippen molar-refractivity contribution in [3.63, 3.8) is 0 Å². The van der Waals surface area contributed by atoms with E-state index in [2.05, 4.69) is 20.4 Å². The predicted molar refractivity (Wildman–Crippen MR) is 93.6 cm³/mol. The second kappa shape index (κ2) is 6.84. The Bertz CT molecular complexity index is 785. The fraction of sp³-hybridized carbons (Fsp3) is 0.333. The molecule has 0 fully saturated rings. The van der Waals surface area contributed by atoms with Crippen molar-refractivity contribution in [2.45, 2.75) is 32.2 Å². The molecule has 6 heteroatoms. The second-order valence-electron chi connectivity index (χ2n) is 6.14. The van der Waals surface area contributed by atoms with Crippen molar-refractivity contribution < 1.29 is 5.11 Å². The summed E-state index contributed by atoms with van der Waals surface area (Å²) in [7, 11) is 0. The van der Waals surface area contributed by atoms with Crippen LogP contribution in [0.1, 0.15) is 35.2 Å². The van der Waals surface area contributed by atoms with Crippen molar-refractivity contribution >= 4 is 11.3 Å². The summed E-state index contributed by atoms with van der Waals surface area (Å²) in [5.74, 6) is 0. The van der Waals surface area contributed by atoms with Crippen LogP contribution < -0.4 is 0 Å². The van der Waals surface area contributed by atoms with Gasteiger partial charge in [-0.1, -0.05) is 30.3 Å². The molecular formula is C18H20N4OS. The Morgan fingerprint density at radius 3 is 2.88 bits per heavy atom. The van der Waals surface area contributed by atoms with Crippen LogP contribution >= 0.6 is 11.3 Å². The highest BCUT2D eigenvalue weighted by Gasteiger charge is 2.21. The van der Waals surface area contributed by atoms with E-state index in [1.807, 2.05) is 46.6 Å². The number of thiazole rings is 1. The van der Waals surface area contributed by atoms with Crippen LogP contribution in [0.3, 0.4) is 0 Å². The Hall–Kier alpha value is -2.02. The normalized spacial score (nSPS) is 16.5. The fourth-order valence-corrected chi connectivity index (χ4v) is 3.72. The molecule has 0 radical (unpaired) electrons. The highest BCUT2D eigenvalue weighted by Crippen LogP contribution is 2.24. The minimum absolute atomic E-state index is 0.669. The molecule has 1 aliphatic rings. The molecule has 124 valence electrons. The first-order chi connectivity index (χ1) is 11.8. The van der Waals surface area contributed by atoms with Gasteiger partial charge >= 0.3 is 0 Å². The van der Waals surface area contributed by atoms with Crippen LogP contribution in [-0.2, 0) is 19.6 Å². The van der Waals surface area contributed by atoms with Gasteiger partial charge < -0.3 is 5.11 Å². The Morgan fingerprint density at radius 2 is 2.08 bits per heavy atom. The van der Waals surface area contributed by atoms with Gasteiger partial charge in [-0.15, -0.1) is 11.3 Å². The average Bonchev–Trinajstić information content (AvgIpc) is 3.22. The maximum atomic E-state index is 10.6. The van der Waals surface area contributed by atoms with Gasteiger partial charge in [0, 0.05) is 31.6 Å². The molecule has 1 aromatic carbocycles. The molecule has 0 bridgehead atoms. The summed E-state index contributed by atoms with van der Waals surface area (Å²) in [6, 6.07) is 11.7. The quantitative estimate of drug-likeness (QED) is 0.793. The third-order valence-electron chi connectivity index (χ3n) is 4.38. The van der Waals surface area contributed by atoms with E-state index in [0.29, 0.717) is 0 Å². The molecule has 4 rings (SSSR count). The molecule has 2 aromatic heterocycles. The first-order valence-corrected chi connectivity index (χ1v) is 9.13. The number of benzene rings is 1. The summed E-state index contributed by atoms with van der Waals surface area (Å²) >= 11 is 1.64. The molecule has 0 spiro atoms. The van der Waals surface area contributed by atoms with Crippen molar-refractivity contribution in [2.75, 3.05) is 6.54 Å². The highest BCUT2D eigenvalue weighted by molar-refractivity contribution is 7.07. The number of aliphatic hydroxyl groups excluding tert-OH is 1. The minimum Gasteiger partial charge on any atom is -0.382 e. The zero-order chi connectivity index (χ0) is 16.4. The molecule has 0 aliphatic carbocycles. The first-order valence-electron chi connectivity index (χ1n) is 8.18. The number of fused-ring (bicyclic) bond motifs is 1. The monoisotopic (exact) mass is 340 g/mol. The van der Waals surface area contributed by atoms with Crippen LogP contribution in [0.2, 0.25) is 0 Å². The lowest BCUT2D eigenvalue weighted by Gasteiger charge is -2.17. The van der Waals surface area contributed by atoms with Gasteiger partial charge in [-0.25, -0.2) is 4.98 Å². The van der Waals surface area contributed by atoms with Crippen LogP contribution in [-0.4, -0.2) is 31.3 Å². The molecule has 24 heavy (non-hydrogen) atoms. The number of aliphatic hydroxyl groups is 1. The van der Waals surface area contributed by atoms with Gasteiger partial charge in [0.15, 0.2) is 0 Å². The van der Waals surface area contributed by atoms with Gasteiger partial charge in [0.2, 0.25) is 0 Å². The van der Waals surface area contributed by atoms with Crippen LogP contribution in [0.15, 0.2) is 47.3 Å². The molecule has 0 saturated carbocycles. The molecule has 0 unspecified atom stereocenters. The van der Waals surface area contributed by atoms with E-state index < -0.39 is 6.10 Å². The van der Waals surface area contributed by atoms with Crippen molar-refractivity contribution in [2.24, 2.45) is 0 Å². The summed E-state index contributed by atoms with van der Waals surface area (Å²) in [4.78, 5) is 6.78. The van der Waals surface area contributed by atoms with Gasteiger partial charge in [0.25, 0.3) is 0 Å². The van der Waals surface area contributed by atoms with Crippen molar-refractivity contribution in [1.82, 2.24) is 19.7 Å². The zero-order valence-electron chi connectivity index (χ0n) is 13.4. The van der Waals surface area contributed by atoms with Gasteiger partial charge in [-0.05, 0) is 18.1 Å². The molecule has 0 saturated heterocycles. The van der Waals surface area contributed by atoms with Gasteiger partial charge in [0.1, 0.15) is 6.10 Å². The SMILES string of the molecule is O[C@H](c1ccccc1)c1cc2n(n1)CCCN(Cc1cscn1)C2. The van der Waals surface area contributed by atoms with Crippen LogP contribution in [0, 0.1) is 0 Å². The van der Waals surface area contributed by atoms with E-state index in [-0.39, 0.29) is 0 Å². The van der Waals surface area contributed by atoms with Gasteiger partial charge in [-0.2, -0.15) is 5.10 Å². The Morgan fingerprint density at radius 1 is 1.21 bits per heavy atom.